The summed E-state index contributed by atoms with van der Waals surface area (Å²) in [6, 6.07) is 9.64. The van der Waals surface area contributed by atoms with Crippen LogP contribution in [-0.2, 0) is 6.42 Å². The lowest BCUT2D eigenvalue weighted by molar-refractivity contribution is 0.173. The number of carbonyl (C=O) groups excluding carboxylic acids is 1. The number of aromatic nitrogens is 1. The minimum atomic E-state index is -0.420. The van der Waals surface area contributed by atoms with Crippen LogP contribution in [0.25, 0.3) is 0 Å². The van der Waals surface area contributed by atoms with Crippen LogP contribution in [-0.4, -0.2) is 28.8 Å². The molecule has 1 aromatic heterocycles. The number of nitrogens with zero attached hydrogens (tertiary/aromatic N) is 1. The van der Waals surface area contributed by atoms with E-state index in [9.17, 15) is 9.90 Å². The molecule has 124 valence electrons. The molecule has 1 aromatic carbocycles. The van der Waals surface area contributed by atoms with E-state index in [0.29, 0.717) is 18.1 Å². The number of rotatable bonds is 7. The number of hydrogen-bond acceptors (Lipinski definition) is 4. The molecule has 2 aromatic rings. The van der Waals surface area contributed by atoms with Crippen LogP contribution >= 0.6 is 11.3 Å². The highest BCUT2D eigenvalue weighted by atomic mass is 32.1. The van der Waals surface area contributed by atoms with Crippen molar-refractivity contribution in [3.05, 3.63) is 47.0 Å². The molecule has 0 aliphatic carbocycles. The van der Waals surface area contributed by atoms with E-state index in [1.165, 1.54) is 11.3 Å². The van der Waals surface area contributed by atoms with Gasteiger partial charge in [0.25, 0.3) is 0 Å². The molecule has 0 saturated heterocycles. The lowest BCUT2D eigenvalue weighted by Crippen LogP contribution is -2.33. The van der Waals surface area contributed by atoms with Crippen LogP contribution in [0.15, 0.2) is 36.5 Å². The molecular formula is C17H23N3O2S. The molecule has 2 amide bonds. The Balaban J connectivity index is 1.91. The molecule has 5 nitrogen and oxygen atoms in total. The number of amides is 2. The van der Waals surface area contributed by atoms with Crippen LogP contribution in [0.1, 0.15) is 36.6 Å². The number of carbonyl (C=O) groups is 1. The highest BCUT2D eigenvalue weighted by Crippen LogP contribution is 2.21. The first-order valence-corrected chi connectivity index (χ1v) is 8.62. The van der Waals surface area contributed by atoms with Crippen molar-refractivity contribution in [3.63, 3.8) is 0 Å². The fourth-order valence-electron chi connectivity index (χ4n) is 2.36. The molecule has 0 aliphatic heterocycles. The second kappa shape index (κ2) is 8.64. The average molecular weight is 333 g/mol. The van der Waals surface area contributed by atoms with Crippen molar-refractivity contribution in [1.29, 1.82) is 0 Å². The average Bonchev–Trinajstić information content (AvgIpc) is 2.99. The molecule has 0 radical (unpaired) electrons. The van der Waals surface area contributed by atoms with Crippen molar-refractivity contribution in [2.75, 3.05) is 11.9 Å². The number of aliphatic hydroxyl groups is 1. The summed E-state index contributed by atoms with van der Waals surface area (Å²) in [5.74, 6) is 0.0736. The van der Waals surface area contributed by atoms with Gasteiger partial charge in [-0.3, -0.25) is 5.32 Å². The van der Waals surface area contributed by atoms with Gasteiger partial charge in [0.1, 0.15) is 0 Å². The number of hydrogen-bond donors (Lipinski definition) is 3. The van der Waals surface area contributed by atoms with Gasteiger partial charge in [0, 0.05) is 23.5 Å². The molecule has 6 heteroatoms. The number of benzene rings is 1. The summed E-state index contributed by atoms with van der Waals surface area (Å²) >= 11 is 1.48. The van der Waals surface area contributed by atoms with Crippen LogP contribution in [0.3, 0.4) is 0 Å². The van der Waals surface area contributed by atoms with Gasteiger partial charge in [-0.15, -0.1) is 11.3 Å². The van der Waals surface area contributed by atoms with Crippen molar-refractivity contribution in [2.45, 2.75) is 38.7 Å². The maximum atomic E-state index is 12.0. The van der Waals surface area contributed by atoms with Gasteiger partial charge in [-0.2, -0.15) is 0 Å². The molecular weight excluding hydrogens is 310 g/mol. The highest BCUT2D eigenvalue weighted by Gasteiger charge is 2.15. The van der Waals surface area contributed by atoms with E-state index < -0.39 is 6.10 Å². The summed E-state index contributed by atoms with van der Waals surface area (Å²) in [5, 5.41) is 15.9. The molecule has 0 spiro atoms. The Morgan fingerprint density at radius 1 is 1.35 bits per heavy atom. The van der Waals surface area contributed by atoms with E-state index in [-0.39, 0.29) is 11.9 Å². The van der Waals surface area contributed by atoms with Crippen LogP contribution in [0.2, 0.25) is 0 Å². The van der Waals surface area contributed by atoms with Crippen LogP contribution in [0.4, 0.5) is 9.93 Å². The minimum absolute atomic E-state index is 0.0736. The zero-order chi connectivity index (χ0) is 16.7. The minimum Gasteiger partial charge on any atom is -0.393 e. The molecule has 2 atom stereocenters. The summed E-state index contributed by atoms with van der Waals surface area (Å²) < 4.78 is 0. The van der Waals surface area contributed by atoms with Gasteiger partial charge in [-0.1, -0.05) is 37.3 Å². The number of aryl methyl sites for hydroxylation is 1. The largest absolute Gasteiger partial charge is 0.393 e. The number of anilines is 1. The van der Waals surface area contributed by atoms with Crippen LogP contribution in [0.5, 0.6) is 0 Å². The fraction of sp³-hybridized carbons (Fsp3) is 0.412. The first-order chi connectivity index (χ1) is 11.1. The summed E-state index contributed by atoms with van der Waals surface area (Å²) in [5.41, 5.74) is 1.11. The summed E-state index contributed by atoms with van der Waals surface area (Å²) in [6.07, 6.45) is 2.86. The van der Waals surface area contributed by atoms with Gasteiger partial charge in [0.15, 0.2) is 5.13 Å². The lowest BCUT2D eigenvalue weighted by atomic mass is 9.93. The normalized spacial score (nSPS) is 13.3. The standard InChI is InChI=1S/C17H23N3O2S/c1-3-15-11-19-17(23-15)20-16(22)18-10-14(9-12(2)21)13-7-5-4-6-8-13/h4-8,11-12,14,21H,3,9-10H2,1-2H3,(H2,18,19,20,22). The topological polar surface area (TPSA) is 74.2 Å². The van der Waals surface area contributed by atoms with Crippen molar-refractivity contribution in [3.8, 4) is 0 Å². The third-order valence-electron chi connectivity index (χ3n) is 3.53. The molecule has 2 unspecified atom stereocenters. The predicted molar refractivity (Wildman–Crippen MR) is 94.0 cm³/mol. The van der Waals surface area contributed by atoms with E-state index in [0.717, 1.165) is 16.9 Å². The molecule has 3 N–H and O–H groups in total. The van der Waals surface area contributed by atoms with Gasteiger partial charge < -0.3 is 10.4 Å². The van der Waals surface area contributed by atoms with E-state index >= 15 is 0 Å². The zero-order valence-electron chi connectivity index (χ0n) is 13.5. The SMILES string of the molecule is CCc1cnc(NC(=O)NCC(CC(C)O)c2ccccc2)s1. The zero-order valence-corrected chi connectivity index (χ0v) is 14.3. The Labute approximate surface area is 140 Å². The number of aliphatic hydroxyl groups excluding tert-OH is 1. The van der Waals surface area contributed by atoms with E-state index in [1.54, 1.807) is 13.1 Å². The Morgan fingerprint density at radius 2 is 2.09 bits per heavy atom. The molecule has 0 saturated carbocycles. The lowest BCUT2D eigenvalue weighted by Gasteiger charge is -2.19. The number of thiazole rings is 1. The van der Waals surface area contributed by atoms with E-state index in [1.807, 2.05) is 30.3 Å². The van der Waals surface area contributed by atoms with Crippen molar-refractivity contribution in [2.24, 2.45) is 0 Å². The summed E-state index contributed by atoms with van der Waals surface area (Å²) in [6.45, 7) is 4.28. The predicted octanol–water partition coefficient (Wildman–Crippen LogP) is 3.38. The first-order valence-electron chi connectivity index (χ1n) is 7.81. The van der Waals surface area contributed by atoms with E-state index in [2.05, 4.69) is 22.5 Å². The Kier molecular flexibility index (Phi) is 6.55. The third-order valence-corrected chi connectivity index (χ3v) is 4.59. The quantitative estimate of drug-likeness (QED) is 0.727. The van der Waals surface area contributed by atoms with Crippen molar-refractivity contribution < 1.29 is 9.90 Å². The van der Waals surface area contributed by atoms with Gasteiger partial charge in [0.2, 0.25) is 0 Å². The molecule has 0 aliphatic rings. The first kappa shape index (κ1) is 17.4. The van der Waals surface area contributed by atoms with Gasteiger partial charge in [0.05, 0.1) is 6.10 Å². The van der Waals surface area contributed by atoms with E-state index in [4.69, 9.17) is 0 Å². The second-order valence-electron chi connectivity index (χ2n) is 5.51. The molecule has 2 rings (SSSR count). The van der Waals surface area contributed by atoms with Gasteiger partial charge in [-0.05, 0) is 25.3 Å². The van der Waals surface area contributed by atoms with Gasteiger partial charge >= 0.3 is 6.03 Å². The number of urea groups is 1. The molecule has 0 bridgehead atoms. The maximum absolute atomic E-state index is 12.0. The molecule has 0 fully saturated rings. The Hall–Kier alpha value is -1.92. The fourth-order valence-corrected chi connectivity index (χ4v) is 3.11. The van der Waals surface area contributed by atoms with Crippen molar-refractivity contribution in [1.82, 2.24) is 10.3 Å². The molecule has 23 heavy (non-hydrogen) atoms. The van der Waals surface area contributed by atoms with Crippen LogP contribution < -0.4 is 10.6 Å². The Bertz CT molecular complexity index is 613. The number of nitrogens with one attached hydrogen (secondary N) is 2. The van der Waals surface area contributed by atoms with Gasteiger partial charge in [-0.25, -0.2) is 9.78 Å². The monoisotopic (exact) mass is 333 g/mol. The highest BCUT2D eigenvalue weighted by molar-refractivity contribution is 7.15. The maximum Gasteiger partial charge on any atom is 0.321 e. The van der Waals surface area contributed by atoms with Crippen LogP contribution in [0, 0.1) is 0 Å². The third kappa shape index (κ3) is 5.65. The Morgan fingerprint density at radius 3 is 2.70 bits per heavy atom. The summed E-state index contributed by atoms with van der Waals surface area (Å²) in [4.78, 5) is 17.3. The van der Waals surface area contributed by atoms with Crippen molar-refractivity contribution >= 4 is 22.5 Å². The second-order valence-corrected chi connectivity index (χ2v) is 6.63. The summed E-state index contributed by atoms with van der Waals surface area (Å²) in [7, 11) is 0. The smallest absolute Gasteiger partial charge is 0.321 e. The molecule has 1 heterocycles.